The number of hydrogen-bond acceptors (Lipinski definition) is 2. The summed E-state index contributed by atoms with van der Waals surface area (Å²) in [4.78, 5) is 17.0. The Kier molecular flexibility index (Phi) is 3.60. The molecule has 0 bridgehead atoms. The van der Waals surface area contributed by atoms with Crippen molar-refractivity contribution in [2.75, 3.05) is 13.1 Å². The molecule has 0 atom stereocenters. The van der Waals surface area contributed by atoms with E-state index in [0.717, 1.165) is 23.4 Å². The zero-order valence-corrected chi connectivity index (χ0v) is 11.7. The molecule has 0 aliphatic carbocycles. The van der Waals surface area contributed by atoms with Crippen molar-refractivity contribution in [3.05, 3.63) is 35.7 Å². The third-order valence-corrected chi connectivity index (χ3v) is 3.33. The fourth-order valence-electron chi connectivity index (χ4n) is 2.11. The second-order valence-corrected chi connectivity index (χ2v) is 5.87. The number of hydrogen-bond donors (Lipinski definition) is 1. The molecule has 1 aromatic rings. The Labute approximate surface area is 113 Å². The van der Waals surface area contributed by atoms with Gasteiger partial charge in [0.25, 0.3) is 0 Å². The van der Waals surface area contributed by atoms with Gasteiger partial charge in [0.2, 0.25) is 0 Å². The molecular formula is C15H20N2O2. The maximum Gasteiger partial charge on any atom is 0.407 e. The molecule has 4 nitrogen and oxygen atoms in total. The van der Waals surface area contributed by atoms with Crippen LogP contribution in [0, 0.1) is 0 Å². The number of rotatable bonds is 1. The minimum atomic E-state index is -0.855. The Morgan fingerprint density at radius 3 is 2.63 bits per heavy atom. The first-order valence-corrected chi connectivity index (χ1v) is 6.53. The van der Waals surface area contributed by atoms with Crippen LogP contribution < -0.4 is 0 Å². The van der Waals surface area contributed by atoms with Crippen LogP contribution in [0.5, 0.6) is 0 Å². The number of carbonyl (C=O) groups is 1. The molecule has 1 aliphatic heterocycles. The van der Waals surface area contributed by atoms with E-state index in [0.29, 0.717) is 13.1 Å². The van der Waals surface area contributed by atoms with Crippen molar-refractivity contribution < 1.29 is 9.90 Å². The van der Waals surface area contributed by atoms with Crippen LogP contribution in [0.25, 0.3) is 5.57 Å². The second-order valence-electron chi connectivity index (χ2n) is 5.87. The highest BCUT2D eigenvalue weighted by Gasteiger charge is 2.19. The lowest BCUT2D eigenvalue weighted by Crippen LogP contribution is -2.33. The fraction of sp³-hybridized carbons (Fsp3) is 0.467. The lowest BCUT2D eigenvalue weighted by molar-refractivity contribution is 0.150. The van der Waals surface area contributed by atoms with Gasteiger partial charge in [-0.05, 0) is 24.1 Å². The molecule has 0 saturated heterocycles. The van der Waals surface area contributed by atoms with Crippen molar-refractivity contribution in [2.24, 2.45) is 0 Å². The lowest BCUT2D eigenvalue weighted by atomic mass is 9.91. The van der Waals surface area contributed by atoms with Crippen molar-refractivity contribution in [2.45, 2.75) is 32.6 Å². The fourth-order valence-corrected chi connectivity index (χ4v) is 2.11. The first-order valence-electron chi connectivity index (χ1n) is 6.53. The van der Waals surface area contributed by atoms with E-state index in [4.69, 9.17) is 10.1 Å². The Balaban J connectivity index is 2.22. The van der Waals surface area contributed by atoms with Gasteiger partial charge in [0.15, 0.2) is 0 Å². The van der Waals surface area contributed by atoms with Gasteiger partial charge >= 0.3 is 6.09 Å². The van der Waals surface area contributed by atoms with Crippen molar-refractivity contribution >= 4 is 11.7 Å². The maximum absolute atomic E-state index is 10.9. The van der Waals surface area contributed by atoms with Gasteiger partial charge in [-0.3, -0.25) is 4.98 Å². The van der Waals surface area contributed by atoms with Gasteiger partial charge in [0.1, 0.15) is 0 Å². The van der Waals surface area contributed by atoms with E-state index >= 15 is 0 Å². The molecule has 1 aliphatic rings. The summed E-state index contributed by atoms with van der Waals surface area (Å²) in [6.45, 7) is 7.41. The van der Waals surface area contributed by atoms with Gasteiger partial charge in [-0.15, -0.1) is 0 Å². The minimum Gasteiger partial charge on any atom is -0.465 e. The molecule has 1 aromatic heterocycles. The smallest absolute Gasteiger partial charge is 0.407 e. The van der Waals surface area contributed by atoms with Crippen LogP contribution in [-0.4, -0.2) is 34.2 Å². The van der Waals surface area contributed by atoms with Crippen LogP contribution in [0.3, 0.4) is 0 Å². The van der Waals surface area contributed by atoms with Crippen LogP contribution in [0.15, 0.2) is 24.3 Å². The summed E-state index contributed by atoms with van der Waals surface area (Å²) in [5.74, 6) is 0. The monoisotopic (exact) mass is 260 g/mol. The molecular weight excluding hydrogens is 240 g/mol. The predicted octanol–water partition coefficient (Wildman–Crippen LogP) is 3.15. The van der Waals surface area contributed by atoms with E-state index in [1.807, 2.05) is 24.3 Å². The molecule has 0 spiro atoms. The van der Waals surface area contributed by atoms with Gasteiger partial charge in [-0.1, -0.05) is 32.9 Å². The first-order chi connectivity index (χ1) is 8.88. The standard InChI is InChI=1S/C15H20N2O2/c1-15(2,3)13-6-4-5-12(16-13)11-7-9-17(10-8-11)14(18)19/h4-7H,8-10H2,1-3H3,(H,18,19). The molecule has 102 valence electrons. The van der Waals surface area contributed by atoms with Crippen LogP contribution in [0.1, 0.15) is 38.6 Å². The summed E-state index contributed by atoms with van der Waals surface area (Å²) in [7, 11) is 0. The number of pyridine rings is 1. The Hall–Kier alpha value is -1.84. The van der Waals surface area contributed by atoms with Gasteiger partial charge in [0, 0.05) is 24.2 Å². The first kappa shape index (κ1) is 13.6. The molecule has 0 radical (unpaired) electrons. The molecule has 0 unspecified atom stereocenters. The largest absolute Gasteiger partial charge is 0.465 e. The average molecular weight is 260 g/mol. The average Bonchev–Trinajstić information content (AvgIpc) is 2.38. The van der Waals surface area contributed by atoms with E-state index in [2.05, 4.69) is 20.8 Å². The zero-order valence-electron chi connectivity index (χ0n) is 11.7. The van der Waals surface area contributed by atoms with Crippen molar-refractivity contribution in [1.29, 1.82) is 0 Å². The van der Waals surface area contributed by atoms with Crippen LogP contribution in [0.4, 0.5) is 4.79 Å². The molecule has 2 heterocycles. The topological polar surface area (TPSA) is 53.4 Å². The molecule has 2 rings (SSSR count). The van der Waals surface area contributed by atoms with Crippen LogP contribution in [0.2, 0.25) is 0 Å². The third-order valence-electron chi connectivity index (χ3n) is 3.33. The lowest BCUT2D eigenvalue weighted by Gasteiger charge is -2.24. The summed E-state index contributed by atoms with van der Waals surface area (Å²) in [6, 6.07) is 6.06. The molecule has 0 fully saturated rings. The Morgan fingerprint density at radius 1 is 1.37 bits per heavy atom. The van der Waals surface area contributed by atoms with Gasteiger partial charge < -0.3 is 10.0 Å². The summed E-state index contributed by atoms with van der Waals surface area (Å²) < 4.78 is 0. The number of nitrogens with zero attached hydrogens (tertiary/aromatic N) is 2. The molecule has 0 saturated carbocycles. The van der Waals surface area contributed by atoms with Crippen LogP contribution in [-0.2, 0) is 5.41 Å². The molecule has 1 N–H and O–H groups in total. The summed E-state index contributed by atoms with van der Waals surface area (Å²) in [6.07, 6.45) is 1.84. The van der Waals surface area contributed by atoms with Crippen molar-refractivity contribution in [3.63, 3.8) is 0 Å². The SMILES string of the molecule is CC(C)(C)c1cccc(C2=CCN(C(=O)O)CC2)n1. The number of carboxylic acid groups (broad SMARTS) is 1. The Bertz CT molecular complexity index is 515. The quantitative estimate of drug-likeness (QED) is 0.844. The van der Waals surface area contributed by atoms with Gasteiger partial charge in [0.05, 0.1) is 5.69 Å². The van der Waals surface area contributed by atoms with E-state index < -0.39 is 6.09 Å². The summed E-state index contributed by atoms with van der Waals surface area (Å²) in [5, 5.41) is 8.93. The Morgan fingerprint density at radius 2 is 2.11 bits per heavy atom. The van der Waals surface area contributed by atoms with E-state index in [-0.39, 0.29) is 5.41 Å². The van der Waals surface area contributed by atoms with Crippen molar-refractivity contribution in [1.82, 2.24) is 9.88 Å². The molecule has 19 heavy (non-hydrogen) atoms. The maximum atomic E-state index is 10.9. The van der Waals surface area contributed by atoms with E-state index in [1.54, 1.807) is 0 Å². The molecule has 0 aromatic carbocycles. The van der Waals surface area contributed by atoms with E-state index in [9.17, 15) is 4.79 Å². The minimum absolute atomic E-state index is 0.0261. The third kappa shape index (κ3) is 3.13. The predicted molar refractivity (Wildman–Crippen MR) is 75.1 cm³/mol. The summed E-state index contributed by atoms with van der Waals surface area (Å²) in [5.41, 5.74) is 3.20. The second kappa shape index (κ2) is 5.03. The highest BCUT2D eigenvalue weighted by Crippen LogP contribution is 2.25. The van der Waals surface area contributed by atoms with E-state index in [1.165, 1.54) is 4.90 Å². The van der Waals surface area contributed by atoms with Crippen LogP contribution >= 0.6 is 0 Å². The van der Waals surface area contributed by atoms with Gasteiger partial charge in [-0.2, -0.15) is 0 Å². The normalized spacial score (nSPS) is 16.2. The molecule has 1 amide bonds. The molecule has 4 heteroatoms. The highest BCUT2D eigenvalue weighted by molar-refractivity contribution is 5.70. The summed E-state index contributed by atoms with van der Waals surface area (Å²) >= 11 is 0. The van der Waals surface area contributed by atoms with Crippen molar-refractivity contribution in [3.8, 4) is 0 Å². The van der Waals surface area contributed by atoms with Gasteiger partial charge in [-0.25, -0.2) is 4.79 Å². The highest BCUT2D eigenvalue weighted by atomic mass is 16.4. The zero-order chi connectivity index (χ0) is 14.0. The number of aromatic nitrogens is 1. The number of amides is 1.